The number of hydrogen-bond donors (Lipinski definition) is 1. The molecule has 2 aromatic rings. The van der Waals surface area contributed by atoms with E-state index < -0.39 is 6.10 Å². The van der Waals surface area contributed by atoms with Crippen molar-refractivity contribution in [3.8, 4) is 5.75 Å². The van der Waals surface area contributed by atoms with Gasteiger partial charge in [0.25, 0.3) is 5.91 Å². The molecule has 0 unspecified atom stereocenters. The fraction of sp³-hybridized carbons (Fsp3) is 0.440. The van der Waals surface area contributed by atoms with Crippen molar-refractivity contribution in [3.05, 3.63) is 59.7 Å². The van der Waals surface area contributed by atoms with Crippen LogP contribution in [-0.2, 0) is 20.7 Å². The van der Waals surface area contributed by atoms with Gasteiger partial charge in [0.1, 0.15) is 5.75 Å². The second kappa shape index (κ2) is 9.20. The average molecular weight is 436 g/mol. The van der Waals surface area contributed by atoms with Crippen LogP contribution in [0.3, 0.4) is 0 Å². The molecule has 7 nitrogen and oxygen atoms in total. The zero-order valence-corrected chi connectivity index (χ0v) is 18.2. The highest BCUT2D eigenvalue weighted by molar-refractivity contribution is 5.86. The van der Waals surface area contributed by atoms with E-state index in [1.807, 2.05) is 35.2 Å². The number of rotatable bonds is 4. The zero-order valence-electron chi connectivity index (χ0n) is 18.2. The minimum Gasteiger partial charge on any atom is -0.477 e. The van der Waals surface area contributed by atoms with Crippen LogP contribution >= 0.6 is 0 Å². The van der Waals surface area contributed by atoms with Gasteiger partial charge >= 0.3 is 0 Å². The van der Waals surface area contributed by atoms with E-state index in [1.54, 1.807) is 4.90 Å². The Bertz CT molecular complexity index is 989. The molecule has 7 heteroatoms. The van der Waals surface area contributed by atoms with Crippen LogP contribution in [0.25, 0.3) is 0 Å². The Morgan fingerprint density at radius 1 is 1.03 bits per heavy atom. The minimum absolute atomic E-state index is 0.0366. The standard InChI is InChI=1S/C25H29N3O4/c29-24(26-20-9-5-7-18-6-1-2-8-19(18)20)17-28-16-23(25(30)27-12-14-31-15-13-27)32-22-11-4-3-10-21(22)28/h1-4,6,8,10-11,20,23H,5,7,9,12-17H2,(H,26,29)/t20-,23+/m0/s1. The van der Waals surface area contributed by atoms with Crippen molar-refractivity contribution in [2.75, 3.05) is 44.3 Å². The van der Waals surface area contributed by atoms with E-state index in [2.05, 4.69) is 23.5 Å². The predicted octanol–water partition coefficient (Wildman–Crippen LogP) is 2.31. The number of benzene rings is 2. The third-order valence-corrected chi connectivity index (χ3v) is 6.50. The van der Waals surface area contributed by atoms with Crippen LogP contribution in [0.15, 0.2) is 48.5 Å². The molecule has 2 aliphatic heterocycles. The van der Waals surface area contributed by atoms with E-state index in [0.29, 0.717) is 38.6 Å². The van der Waals surface area contributed by atoms with Gasteiger partial charge in [-0.25, -0.2) is 0 Å². The number of aryl methyl sites for hydroxylation is 1. The maximum Gasteiger partial charge on any atom is 0.265 e. The number of hydrogen-bond acceptors (Lipinski definition) is 5. The van der Waals surface area contributed by atoms with Gasteiger partial charge in [-0.15, -0.1) is 0 Å². The molecule has 32 heavy (non-hydrogen) atoms. The minimum atomic E-state index is -0.633. The van der Waals surface area contributed by atoms with Gasteiger partial charge in [0, 0.05) is 13.1 Å². The Kier molecular flexibility index (Phi) is 5.99. The Balaban J connectivity index is 1.30. The summed E-state index contributed by atoms with van der Waals surface area (Å²) in [6.45, 7) is 2.77. The molecule has 2 aromatic carbocycles. The van der Waals surface area contributed by atoms with E-state index >= 15 is 0 Å². The third kappa shape index (κ3) is 4.30. The fourth-order valence-electron chi connectivity index (χ4n) is 4.89. The Hall–Kier alpha value is -3.06. The summed E-state index contributed by atoms with van der Waals surface area (Å²) in [5, 5.41) is 3.23. The Morgan fingerprint density at radius 2 is 1.81 bits per heavy atom. The van der Waals surface area contributed by atoms with Gasteiger partial charge in [0.2, 0.25) is 5.91 Å². The van der Waals surface area contributed by atoms with Crippen LogP contribution in [0.4, 0.5) is 5.69 Å². The van der Waals surface area contributed by atoms with E-state index in [0.717, 1.165) is 24.9 Å². The Labute approximate surface area is 188 Å². The van der Waals surface area contributed by atoms with Crippen LogP contribution in [-0.4, -0.2) is 62.2 Å². The highest BCUT2D eigenvalue weighted by Crippen LogP contribution is 2.34. The fourth-order valence-corrected chi connectivity index (χ4v) is 4.89. The molecule has 0 bridgehead atoms. The van der Waals surface area contributed by atoms with Crippen molar-refractivity contribution in [2.24, 2.45) is 0 Å². The Morgan fingerprint density at radius 3 is 2.69 bits per heavy atom. The molecule has 0 saturated carbocycles. The number of ether oxygens (including phenoxy) is 2. The smallest absolute Gasteiger partial charge is 0.265 e. The molecule has 2 amide bonds. The van der Waals surface area contributed by atoms with E-state index in [1.165, 1.54) is 11.1 Å². The van der Waals surface area contributed by atoms with Gasteiger partial charge in [0.15, 0.2) is 6.10 Å². The highest BCUT2D eigenvalue weighted by Gasteiger charge is 2.35. The van der Waals surface area contributed by atoms with Gasteiger partial charge < -0.3 is 24.6 Å². The molecule has 3 aliphatic rings. The van der Waals surface area contributed by atoms with Crippen LogP contribution in [0.5, 0.6) is 5.75 Å². The van der Waals surface area contributed by atoms with Gasteiger partial charge in [-0.3, -0.25) is 9.59 Å². The number of morpholine rings is 1. The molecule has 2 heterocycles. The first-order valence-corrected chi connectivity index (χ1v) is 11.4. The van der Waals surface area contributed by atoms with Crippen molar-refractivity contribution >= 4 is 17.5 Å². The van der Waals surface area contributed by atoms with Crippen molar-refractivity contribution < 1.29 is 19.1 Å². The topological polar surface area (TPSA) is 71.1 Å². The summed E-state index contributed by atoms with van der Waals surface area (Å²) < 4.78 is 11.4. The quantitative estimate of drug-likeness (QED) is 0.798. The van der Waals surface area contributed by atoms with E-state index in [9.17, 15) is 9.59 Å². The molecule has 1 saturated heterocycles. The number of fused-ring (bicyclic) bond motifs is 2. The summed E-state index contributed by atoms with van der Waals surface area (Å²) >= 11 is 0. The molecule has 168 valence electrons. The van der Waals surface area contributed by atoms with E-state index in [4.69, 9.17) is 9.47 Å². The number of carbonyl (C=O) groups excluding carboxylic acids is 2. The molecule has 0 radical (unpaired) electrons. The number of amides is 2. The number of carbonyl (C=O) groups is 2. The first-order chi connectivity index (χ1) is 15.7. The van der Waals surface area contributed by atoms with Gasteiger partial charge in [-0.2, -0.15) is 0 Å². The lowest BCUT2D eigenvalue weighted by molar-refractivity contribution is -0.142. The molecule has 1 fully saturated rings. The molecule has 0 aromatic heterocycles. The lowest BCUT2D eigenvalue weighted by Gasteiger charge is -2.38. The second-order valence-corrected chi connectivity index (χ2v) is 8.60. The van der Waals surface area contributed by atoms with Crippen molar-refractivity contribution in [1.29, 1.82) is 0 Å². The number of nitrogens with one attached hydrogen (secondary N) is 1. The van der Waals surface area contributed by atoms with Gasteiger partial charge in [-0.1, -0.05) is 36.4 Å². The summed E-state index contributed by atoms with van der Waals surface area (Å²) in [5.74, 6) is 0.552. The summed E-state index contributed by atoms with van der Waals surface area (Å²) in [6.07, 6.45) is 2.44. The number of para-hydroxylation sites is 2. The SMILES string of the molecule is O=C(CN1C[C@H](C(=O)N2CCOCC2)Oc2ccccc21)N[C@H]1CCCc2ccccc21. The summed E-state index contributed by atoms with van der Waals surface area (Å²) in [5.41, 5.74) is 3.38. The monoisotopic (exact) mass is 435 g/mol. The molecular weight excluding hydrogens is 406 g/mol. The first-order valence-electron chi connectivity index (χ1n) is 11.4. The zero-order chi connectivity index (χ0) is 21.9. The third-order valence-electron chi connectivity index (χ3n) is 6.50. The van der Waals surface area contributed by atoms with Crippen LogP contribution in [0.2, 0.25) is 0 Å². The van der Waals surface area contributed by atoms with Gasteiger partial charge in [-0.05, 0) is 42.5 Å². The molecule has 1 N–H and O–H groups in total. The van der Waals surface area contributed by atoms with E-state index in [-0.39, 0.29) is 24.4 Å². The molecule has 2 atom stereocenters. The molecular formula is C25H29N3O4. The van der Waals surface area contributed by atoms with Crippen molar-refractivity contribution in [1.82, 2.24) is 10.2 Å². The van der Waals surface area contributed by atoms with Crippen LogP contribution in [0, 0.1) is 0 Å². The number of anilines is 1. The lowest BCUT2D eigenvalue weighted by atomic mass is 9.88. The largest absolute Gasteiger partial charge is 0.477 e. The maximum absolute atomic E-state index is 13.1. The second-order valence-electron chi connectivity index (χ2n) is 8.60. The summed E-state index contributed by atoms with van der Waals surface area (Å²) in [4.78, 5) is 29.9. The normalized spacial score (nSPS) is 22.4. The van der Waals surface area contributed by atoms with Gasteiger partial charge in [0.05, 0.1) is 38.0 Å². The van der Waals surface area contributed by atoms with Crippen molar-refractivity contribution in [2.45, 2.75) is 31.4 Å². The molecule has 1 aliphatic carbocycles. The summed E-state index contributed by atoms with van der Waals surface area (Å²) in [6, 6.07) is 16.0. The van der Waals surface area contributed by atoms with Crippen LogP contribution in [0.1, 0.15) is 30.0 Å². The first kappa shape index (κ1) is 20.8. The van der Waals surface area contributed by atoms with Crippen molar-refractivity contribution in [3.63, 3.8) is 0 Å². The predicted molar refractivity (Wildman–Crippen MR) is 121 cm³/mol. The molecule has 5 rings (SSSR count). The average Bonchev–Trinajstić information content (AvgIpc) is 2.84. The van der Waals surface area contributed by atoms with Crippen LogP contribution < -0.4 is 15.0 Å². The number of nitrogens with zero attached hydrogens (tertiary/aromatic N) is 2. The molecule has 0 spiro atoms. The highest BCUT2D eigenvalue weighted by atomic mass is 16.5. The maximum atomic E-state index is 13.1. The summed E-state index contributed by atoms with van der Waals surface area (Å²) in [7, 11) is 0. The lowest BCUT2D eigenvalue weighted by Crippen LogP contribution is -2.54.